The molecule has 1 aliphatic rings. The number of halogens is 1. The van der Waals surface area contributed by atoms with Gasteiger partial charge in [0, 0.05) is 12.2 Å². The normalized spacial score (nSPS) is 15.4. The second kappa shape index (κ2) is 6.24. The minimum atomic E-state index is -0.501. The van der Waals surface area contributed by atoms with E-state index in [0.29, 0.717) is 5.16 Å². The summed E-state index contributed by atoms with van der Waals surface area (Å²) < 4.78 is 15.1. The van der Waals surface area contributed by atoms with Crippen molar-refractivity contribution in [2.24, 2.45) is 0 Å². The van der Waals surface area contributed by atoms with E-state index in [1.807, 2.05) is 28.8 Å². The van der Waals surface area contributed by atoms with Gasteiger partial charge >= 0.3 is 0 Å². The average molecular weight is 342 g/mol. The fraction of sp³-hybridized carbons (Fsp3) is 0.235. The Bertz CT molecular complexity index is 876. The molecule has 1 amide bonds. The molecule has 1 unspecified atom stereocenters. The maximum absolute atomic E-state index is 13.2. The highest BCUT2D eigenvalue weighted by molar-refractivity contribution is 8.00. The summed E-state index contributed by atoms with van der Waals surface area (Å²) in [5.74, 6) is -0.403. The third kappa shape index (κ3) is 3.12. The molecule has 1 atom stereocenters. The van der Waals surface area contributed by atoms with E-state index in [4.69, 9.17) is 0 Å². The van der Waals surface area contributed by atoms with Crippen molar-refractivity contribution in [3.05, 3.63) is 60.0 Å². The number of carbonyl (C=O) groups is 1. The molecule has 0 spiro atoms. The number of carbonyl (C=O) groups excluding carboxylic acids is 1. The number of aromatic nitrogens is 3. The van der Waals surface area contributed by atoms with E-state index in [1.54, 1.807) is 12.1 Å². The van der Waals surface area contributed by atoms with Crippen LogP contribution in [0.15, 0.2) is 53.8 Å². The largest absolute Gasteiger partial charge is 0.352 e. The summed E-state index contributed by atoms with van der Waals surface area (Å²) in [5.41, 5.74) is 1.47. The number of hydrogen-bond acceptors (Lipinski definition) is 4. The molecule has 2 heterocycles. The van der Waals surface area contributed by atoms with Gasteiger partial charge in [0.2, 0.25) is 5.91 Å². The quantitative estimate of drug-likeness (QED) is 0.724. The topological polar surface area (TPSA) is 59.3 Å². The fourth-order valence-corrected chi connectivity index (χ4v) is 3.46. The van der Waals surface area contributed by atoms with Crippen molar-refractivity contribution >= 4 is 23.3 Å². The molecule has 2 aromatic heterocycles. The van der Waals surface area contributed by atoms with Crippen LogP contribution in [0.25, 0.3) is 5.65 Å². The molecule has 1 fully saturated rings. The van der Waals surface area contributed by atoms with Gasteiger partial charge < -0.3 is 5.32 Å². The zero-order valence-electron chi connectivity index (χ0n) is 12.7. The summed E-state index contributed by atoms with van der Waals surface area (Å²) in [4.78, 5) is 12.7. The average Bonchev–Trinajstić information content (AvgIpc) is 3.32. The monoisotopic (exact) mass is 342 g/mol. The SMILES string of the molecule is O=C(NC1CC1)C(Sc1nnc2ccccn12)c1ccc(F)cc1. The van der Waals surface area contributed by atoms with E-state index < -0.39 is 5.25 Å². The molecule has 0 saturated heterocycles. The van der Waals surface area contributed by atoms with Gasteiger partial charge in [-0.15, -0.1) is 10.2 Å². The van der Waals surface area contributed by atoms with Gasteiger partial charge in [-0.05, 0) is 42.7 Å². The summed E-state index contributed by atoms with van der Waals surface area (Å²) in [6.07, 6.45) is 3.89. The van der Waals surface area contributed by atoms with Crippen LogP contribution in [0.2, 0.25) is 0 Å². The first-order valence-electron chi connectivity index (χ1n) is 7.73. The van der Waals surface area contributed by atoms with Gasteiger partial charge in [-0.3, -0.25) is 9.20 Å². The van der Waals surface area contributed by atoms with Crippen molar-refractivity contribution in [2.75, 3.05) is 0 Å². The Hall–Kier alpha value is -2.41. The molecule has 3 aromatic rings. The van der Waals surface area contributed by atoms with Crippen LogP contribution in [0.3, 0.4) is 0 Å². The number of amides is 1. The first-order valence-corrected chi connectivity index (χ1v) is 8.61. The molecule has 0 aliphatic heterocycles. The molecule has 1 aromatic carbocycles. The van der Waals surface area contributed by atoms with Crippen LogP contribution in [-0.2, 0) is 4.79 Å². The standard InChI is InChI=1S/C17H15FN4OS/c18-12-6-4-11(5-7-12)15(16(23)19-13-8-9-13)24-17-21-20-14-3-1-2-10-22(14)17/h1-7,10,13,15H,8-9H2,(H,19,23). The lowest BCUT2D eigenvalue weighted by molar-refractivity contribution is -0.120. The fourth-order valence-electron chi connectivity index (χ4n) is 2.42. The summed E-state index contributed by atoms with van der Waals surface area (Å²) >= 11 is 1.32. The zero-order chi connectivity index (χ0) is 16.5. The van der Waals surface area contributed by atoms with Gasteiger partial charge in [0.15, 0.2) is 10.8 Å². The minimum Gasteiger partial charge on any atom is -0.352 e. The van der Waals surface area contributed by atoms with E-state index in [-0.39, 0.29) is 17.8 Å². The van der Waals surface area contributed by atoms with Gasteiger partial charge in [0.1, 0.15) is 11.1 Å². The first-order chi connectivity index (χ1) is 11.7. The van der Waals surface area contributed by atoms with E-state index in [2.05, 4.69) is 15.5 Å². The predicted molar refractivity (Wildman–Crippen MR) is 89.1 cm³/mol. The van der Waals surface area contributed by atoms with Crippen molar-refractivity contribution in [1.82, 2.24) is 19.9 Å². The summed E-state index contributed by atoms with van der Waals surface area (Å²) in [5, 5.41) is 11.4. The van der Waals surface area contributed by atoms with Gasteiger partial charge in [-0.2, -0.15) is 0 Å². The number of thioether (sulfide) groups is 1. The van der Waals surface area contributed by atoms with Crippen LogP contribution in [0.5, 0.6) is 0 Å². The summed E-state index contributed by atoms with van der Waals surface area (Å²) in [7, 11) is 0. The Kier molecular flexibility index (Phi) is 3.93. The number of hydrogen-bond donors (Lipinski definition) is 1. The van der Waals surface area contributed by atoms with E-state index in [1.165, 1.54) is 23.9 Å². The number of nitrogens with one attached hydrogen (secondary N) is 1. The van der Waals surface area contributed by atoms with Gasteiger partial charge in [0.05, 0.1) is 0 Å². The highest BCUT2D eigenvalue weighted by Gasteiger charge is 2.30. The summed E-state index contributed by atoms with van der Waals surface area (Å²) in [6.45, 7) is 0. The van der Waals surface area contributed by atoms with Crippen LogP contribution in [-0.4, -0.2) is 26.5 Å². The highest BCUT2D eigenvalue weighted by atomic mass is 32.2. The molecular weight excluding hydrogens is 327 g/mol. The maximum atomic E-state index is 13.2. The Morgan fingerprint density at radius 2 is 2.00 bits per heavy atom. The second-order valence-electron chi connectivity index (χ2n) is 5.74. The second-order valence-corrected chi connectivity index (χ2v) is 6.82. The lowest BCUT2D eigenvalue weighted by Gasteiger charge is -2.16. The van der Waals surface area contributed by atoms with Crippen LogP contribution >= 0.6 is 11.8 Å². The molecule has 1 aliphatic carbocycles. The third-order valence-corrected chi connectivity index (χ3v) is 5.05. The van der Waals surface area contributed by atoms with Crippen LogP contribution in [0.1, 0.15) is 23.7 Å². The number of pyridine rings is 1. The molecule has 122 valence electrons. The Morgan fingerprint density at radius 1 is 1.21 bits per heavy atom. The highest BCUT2D eigenvalue weighted by Crippen LogP contribution is 2.35. The molecule has 1 saturated carbocycles. The molecule has 4 rings (SSSR count). The van der Waals surface area contributed by atoms with Crippen molar-refractivity contribution in [3.8, 4) is 0 Å². The van der Waals surface area contributed by atoms with Crippen LogP contribution in [0, 0.1) is 5.82 Å². The van der Waals surface area contributed by atoms with E-state index >= 15 is 0 Å². The van der Waals surface area contributed by atoms with E-state index in [9.17, 15) is 9.18 Å². The molecular formula is C17H15FN4OS. The predicted octanol–water partition coefficient (Wildman–Crippen LogP) is 2.98. The number of fused-ring (bicyclic) bond motifs is 1. The molecule has 5 nitrogen and oxygen atoms in total. The zero-order valence-corrected chi connectivity index (χ0v) is 13.5. The van der Waals surface area contributed by atoms with Crippen LogP contribution < -0.4 is 5.32 Å². The molecule has 0 bridgehead atoms. The Labute approximate surface area is 142 Å². The van der Waals surface area contributed by atoms with Gasteiger partial charge in [0.25, 0.3) is 0 Å². The molecule has 7 heteroatoms. The van der Waals surface area contributed by atoms with Crippen LogP contribution in [0.4, 0.5) is 4.39 Å². The number of benzene rings is 1. The molecule has 1 N–H and O–H groups in total. The number of rotatable bonds is 5. The number of nitrogens with zero attached hydrogens (tertiary/aromatic N) is 3. The van der Waals surface area contributed by atoms with Gasteiger partial charge in [-0.25, -0.2) is 4.39 Å². The lowest BCUT2D eigenvalue weighted by Crippen LogP contribution is -2.29. The maximum Gasteiger partial charge on any atom is 0.238 e. The smallest absolute Gasteiger partial charge is 0.238 e. The molecule has 0 radical (unpaired) electrons. The Balaban J connectivity index is 1.66. The third-order valence-electron chi connectivity index (χ3n) is 3.84. The minimum absolute atomic E-state index is 0.0817. The van der Waals surface area contributed by atoms with Crippen molar-refractivity contribution in [2.45, 2.75) is 29.3 Å². The summed E-state index contributed by atoms with van der Waals surface area (Å²) in [6, 6.07) is 11.9. The first kappa shape index (κ1) is 15.1. The van der Waals surface area contributed by atoms with Gasteiger partial charge in [-0.1, -0.05) is 30.0 Å². The van der Waals surface area contributed by atoms with Crippen molar-refractivity contribution in [3.63, 3.8) is 0 Å². The van der Waals surface area contributed by atoms with Crippen molar-refractivity contribution in [1.29, 1.82) is 0 Å². The lowest BCUT2D eigenvalue weighted by atomic mass is 10.1. The molecule has 24 heavy (non-hydrogen) atoms. The van der Waals surface area contributed by atoms with E-state index in [0.717, 1.165) is 24.1 Å². The van der Waals surface area contributed by atoms with Crippen molar-refractivity contribution < 1.29 is 9.18 Å². The Morgan fingerprint density at radius 3 is 2.75 bits per heavy atom.